The second-order valence-corrected chi connectivity index (χ2v) is 7.86. The summed E-state index contributed by atoms with van der Waals surface area (Å²) in [7, 11) is 0. The minimum absolute atomic E-state index is 0.0604. The highest BCUT2D eigenvalue weighted by molar-refractivity contribution is 8.00. The van der Waals surface area contributed by atoms with Gasteiger partial charge in [0.15, 0.2) is 0 Å². The molecule has 0 saturated carbocycles. The fourth-order valence-electron chi connectivity index (χ4n) is 1.86. The molecule has 7 heteroatoms. The van der Waals surface area contributed by atoms with Crippen molar-refractivity contribution in [2.45, 2.75) is 89.4 Å². The number of thioether (sulfide) groups is 1. The van der Waals surface area contributed by atoms with Crippen LogP contribution in [0.4, 0.5) is 17.6 Å². The molecule has 0 aromatic rings. The molecule has 0 aromatic carbocycles. The van der Waals surface area contributed by atoms with Crippen LogP contribution in [0.3, 0.4) is 0 Å². The Labute approximate surface area is 140 Å². The number of halogens is 4. The van der Waals surface area contributed by atoms with E-state index in [9.17, 15) is 22.4 Å². The van der Waals surface area contributed by atoms with Gasteiger partial charge in [-0.15, -0.1) is 11.8 Å². The molecule has 1 atom stereocenters. The summed E-state index contributed by atoms with van der Waals surface area (Å²) >= 11 is 1.22. The van der Waals surface area contributed by atoms with Crippen LogP contribution in [0, 0.1) is 0 Å². The number of alkyl halides is 4. The highest BCUT2D eigenvalue weighted by Crippen LogP contribution is 2.30. The van der Waals surface area contributed by atoms with Crippen molar-refractivity contribution in [3.63, 3.8) is 0 Å². The van der Waals surface area contributed by atoms with E-state index in [-0.39, 0.29) is 18.1 Å². The molecule has 0 heterocycles. The van der Waals surface area contributed by atoms with Gasteiger partial charge in [0, 0.05) is 6.42 Å². The quantitative estimate of drug-likeness (QED) is 0.269. The summed E-state index contributed by atoms with van der Waals surface area (Å²) < 4.78 is 55.2. The van der Waals surface area contributed by atoms with E-state index in [1.807, 2.05) is 6.92 Å². The number of hydrogen-bond acceptors (Lipinski definition) is 3. The van der Waals surface area contributed by atoms with Crippen molar-refractivity contribution in [2.24, 2.45) is 0 Å². The van der Waals surface area contributed by atoms with Gasteiger partial charge in [0.2, 0.25) is 0 Å². The summed E-state index contributed by atoms with van der Waals surface area (Å²) in [5, 5.41) is -0.430. The number of ether oxygens (including phenoxy) is 1. The Bertz CT molecular complexity index is 343. The third kappa shape index (κ3) is 10.8. The van der Waals surface area contributed by atoms with Crippen LogP contribution in [0.1, 0.15) is 66.2 Å². The molecular formula is C16H28F4O2S. The summed E-state index contributed by atoms with van der Waals surface area (Å²) in [4.78, 5) is 12.1. The first-order valence-electron chi connectivity index (χ1n) is 8.00. The molecule has 0 spiro atoms. The molecule has 0 aliphatic rings. The van der Waals surface area contributed by atoms with Crippen LogP contribution in [0.2, 0.25) is 0 Å². The Morgan fingerprint density at radius 1 is 1.13 bits per heavy atom. The number of carbonyl (C=O) groups excluding carboxylic acids is 1. The van der Waals surface area contributed by atoms with Crippen molar-refractivity contribution in [1.29, 1.82) is 0 Å². The van der Waals surface area contributed by atoms with Crippen LogP contribution in [-0.2, 0) is 9.53 Å². The molecule has 0 aromatic heterocycles. The molecule has 0 bridgehead atoms. The molecular weight excluding hydrogens is 332 g/mol. The van der Waals surface area contributed by atoms with Gasteiger partial charge in [0.1, 0.15) is 10.9 Å². The van der Waals surface area contributed by atoms with E-state index in [1.165, 1.54) is 11.8 Å². The maximum absolute atomic E-state index is 12.8. The number of carbonyl (C=O) groups is 1. The Morgan fingerprint density at radius 2 is 1.74 bits per heavy atom. The molecule has 0 rings (SSSR count). The van der Waals surface area contributed by atoms with Crippen molar-refractivity contribution < 1.29 is 27.1 Å². The number of hydrogen-bond donors (Lipinski definition) is 0. The fourth-order valence-corrected chi connectivity index (χ4v) is 2.97. The average molecular weight is 360 g/mol. The van der Waals surface area contributed by atoms with E-state index in [0.717, 1.165) is 19.3 Å². The molecule has 0 fully saturated rings. The molecule has 23 heavy (non-hydrogen) atoms. The van der Waals surface area contributed by atoms with Crippen molar-refractivity contribution in [1.82, 2.24) is 0 Å². The third-order valence-corrected chi connectivity index (χ3v) is 4.39. The molecule has 0 saturated heterocycles. The van der Waals surface area contributed by atoms with E-state index < -0.39 is 29.6 Å². The van der Waals surface area contributed by atoms with Gasteiger partial charge < -0.3 is 4.74 Å². The van der Waals surface area contributed by atoms with Gasteiger partial charge in [-0.3, -0.25) is 4.79 Å². The number of rotatable bonds is 11. The highest BCUT2D eigenvalue weighted by atomic mass is 32.2. The molecule has 0 amide bonds. The van der Waals surface area contributed by atoms with E-state index in [1.54, 1.807) is 20.8 Å². The lowest BCUT2D eigenvalue weighted by Gasteiger charge is -2.24. The van der Waals surface area contributed by atoms with Gasteiger partial charge in [-0.1, -0.05) is 26.2 Å². The predicted octanol–water partition coefficient (Wildman–Crippen LogP) is 5.69. The van der Waals surface area contributed by atoms with Gasteiger partial charge in [0.05, 0.1) is 0 Å². The Balaban J connectivity index is 4.38. The van der Waals surface area contributed by atoms with Crippen molar-refractivity contribution in [2.75, 3.05) is 5.75 Å². The first-order valence-corrected chi connectivity index (χ1v) is 9.05. The molecule has 1 unspecified atom stereocenters. The summed E-state index contributed by atoms with van der Waals surface area (Å²) in [6.07, 6.45) is -1.13. The van der Waals surface area contributed by atoms with Crippen LogP contribution in [-0.4, -0.2) is 34.9 Å². The topological polar surface area (TPSA) is 26.3 Å². The lowest BCUT2D eigenvalue weighted by atomic mass is 10.1. The summed E-state index contributed by atoms with van der Waals surface area (Å²) in [5.74, 6) is -4.08. The first-order chi connectivity index (χ1) is 10.5. The molecule has 2 nitrogen and oxygen atoms in total. The monoisotopic (exact) mass is 360 g/mol. The maximum Gasteiger partial charge on any atom is 0.319 e. The largest absolute Gasteiger partial charge is 0.459 e. The molecule has 0 radical (unpaired) electrons. The Hall–Kier alpha value is -0.460. The van der Waals surface area contributed by atoms with Gasteiger partial charge in [-0.05, 0) is 39.4 Å². The maximum atomic E-state index is 12.8. The lowest BCUT2D eigenvalue weighted by Crippen LogP contribution is -2.30. The van der Waals surface area contributed by atoms with Gasteiger partial charge >= 0.3 is 18.3 Å². The minimum atomic E-state index is -3.95. The fraction of sp³-hybridized carbons (Fsp3) is 0.938. The molecule has 0 aliphatic carbocycles. The number of esters is 1. The van der Waals surface area contributed by atoms with E-state index in [4.69, 9.17) is 4.74 Å². The summed E-state index contributed by atoms with van der Waals surface area (Å²) in [5.41, 5.74) is -0.608. The first kappa shape index (κ1) is 22.5. The van der Waals surface area contributed by atoms with E-state index >= 15 is 0 Å². The third-order valence-electron chi connectivity index (χ3n) is 3.03. The zero-order valence-corrected chi connectivity index (χ0v) is 15.2. The lowest BCUT2D eigenvalue weighted by molar-refractivity contribution is -0.154. The van der Waals surface area contributed by atoms with Crippen LogP contribution < -0.4 is 0 Å². The minimum Gasteiger partial charge on any atom is -0.459 e. The van der Waals surface area contributed by atoms with E-state index in [0.29, 0.717) is 6.42 Å². The standard InChI is InChI=1S/C16H28F4O2S/c1-5-6-7-9-12(13(21)22-15(2,3)4)23-11-8-10-16(19,20)14(17)18/h12,14H,5-11H2,1-4H3. The van der Waals surface area contributed by atoms with E-state index in [2.05, 4.69) is 0 Å². The normalized spacial score (nSPS) is 14.1. The highest BCUT2D eigenvalue weighted by Gasteiger charge is 2.39. The average Bonchev–Trinajstić information content (AvgIpc) is 2.39. The molecule has 0 aliphatic heterocycles. The van der Waals surface area contributed by atoms with Crippen molar-refractivity contribution in [3.05, 3.63) is 0 Å². The summed E-state index contributed by atoms with van der Waals surface area (Å²) in [6, 6.07) is 0. The smallest absolute Gasteiger partial charge is 0.319 e. The van der Waals surface area contributed by atoms with Gasteiger partial charge in [-0.25, -0.2) is 17.6 Å². The summed E-state index contributed by atoms with van der Waals surface area (Å²) in [6.45, 7) is 7.34. The van der Waals surface area contributed by atoms with Crippen LogP contribution >= 0.6 is 11.8 Å². The SMILES string of the molecule is CCCCCC(SCCCC(F)(F)C(F)F)C(=O)OC(C)(C)C. The number of unbranched alkanes of at least 4 members (excludes halogenated alkanes) is 2. The van der Waals surface area contributed by atoms with Crippen molar-refractivity contribution in [3.8, 4) is 0 Å². The Morgan fingerprint density at radius 3 is 2.22 bits per heavy atom. The van der Waals surface area contributed by atoms with Crippen molar-refractivity contribution >= 4 is 17.7 Å². The van der Waals surface area contributed by atoms with Gasteiger partial charge in [0.25, 0.3) is 0 Å². The zero-order valence-electron chi connectivity index (χ0n) is 14.3. The molecule has 138 valence electrons. The van der Waals surface area contributed by atoms with Crippen LogP contribution in [0.25, 0.3) is 0 Å². The predicted molar refractivity (Wildman–Crippen MR) is 86.4 cm³/mol. The zero-order chi connectivity index (χ0) is 18.1. The second-order valence-electron chi connectivity index (χ2n) is 6.55. The van der Waals surface area contributed by atoms with Crippen LogP contribution in [0.5, 0.6) is 0 Å². The van der Waals surface area contributed by atoms with Crippen LogP contribution in [0.15, 0.2) is 0 Å². The Kier molecular flexibility index (Phi) is 10.2. The molecule has 0 N–H and O–H groups in total. The second kappa shape index (κ2) is 10.4. The van der Waals surface area contributed by atoms with Gasteiger partial charge in [-0.2, -0.15) is 0 Å².